The standard InChI is InChI=1S/C20H31N3O2/c1-15(2)21-19(24)5-4-6-20(25)22-17-7-9-18(10-8-17)23-13-11-16(3)12-14-23/h7-10,15-16H,4-6,11-14H2,1-3H3,(H,21,24)(H,22,25). The molecular formula is C20H31N3O2. The van der Waals surface area contributed by atoms with Crippen LogP contribution in [-0.2, 0) is 9.59 Å². The Morgan fingerprint density at radius 3 is 2.28 bits per heavy atom. The zero-order chi connectivity index (χ0) is 18.2. The lowest BCUT2D eigenvalue weighted by molar-refractivity contribution is -0.121. The maximum atomic E-state index is 12.0. The summed E-state index contributed by atoms with van der Waals surface area (Å²) in [6.07, 6.45) is 3.79. The van der Waals surface area contributed by atoms with Gasteiger partial charge in [-0.2, -0.15) is 0 Å². The van der Waals surface area contributed by atoms with E-state index in [1.165, 1.54) is 18.5 Å². The van der Waals surface area contributed by atoms with Gasteiger partial charge >= 0.3 is 0 Å². The second-order valence-electron chi connectivity index (χ2n) is 7.34. The average molecular weight is 345 g/mol. The number of carbonyl (C=O) groups excluding carboxylic acids is 2. The van der Waals surface area contributed by atoms with Crippen molar-refractivity contribution in [2.75, 3.05) is 23.3 Å². The Kier molecular flexibility index (Phi) is 7.29. The molecule has 5 heteroatoms. The van der Waals surface area contributed by atoms with E-state index in [2.05, 4.69) is 34.6 Å². The lowest BCUT2D eigenvalue weighted by atomic mass is 9.99. The summed E-state index contributed by atoms with van der Waals surface area (Å²) >= 11 is 0. The number of hydrogen-bond acceptors (Lipinski definition) is 3. The highest BCUT2D eigenvalue weighted by molar-refractivity contribution is 5.91. The molecule has 1 aliphatic rings. The topological polar surface area (TPSA) is 61.4 Å². The first kappa shape index (κ1) is 19.3. The molecule has 2 N–H and O–H groups in total. The second-order valence-corrected chi connectivity index (χ2v) is 7.34. The van der Waals surface area contributed by atoms with Gasteiger partial charge in [-0.15, -0.1) is 0 Å². The molecule has 1 heterocycles. The predicted molar refractivity (Wildman–Crippen MR) is 103 cm³/mol. The lowest BCUT2D eigenvalue weighted by Crippen LogP contribution is -2.32. The Balaban J connectivity index is 1.73. The number of rotatable bonds is 7. The van der Waals surface area contributed by atoms with Gasteiger partial charge < -0.3 is 15.5 Å². The third kappa shape index (κ3) is 6.77. The molecular weight excluding hydrogens is 314 g/mol. The summed E-state index contributed by atoms with van der Waals surface area (Å²) < 4.78 is 0. The number of amides is 2. The zero-order valence-electron chi connectivity index (χ0n) is 15.7. The maximum absolute atomic E-state index is 12.0. The van der Waals surface area contributed by atoms with Crippen LogP contribution >= 0.6 is 0 Å². The number of hydrogen-bond donors (Lipinski definition) is 2. The van der Waals surface area contributed by atoms with Crippen LogP contribution in [-0.4, -0.2) is 30.9 Å². The van der Waals surface area contributed by atoms with E-state index in [1.807, 2.05) is 26.0 Å². The first-order valence-corrected chi connectivity index (χ1v) is 9.38. The first-order chi connectivity index (χ1) is 11.9. The van der Waals surface area contributed by atoms with Gasteiger partial charge in [0.05, 0.1) is 0 Å². The average Bonchev–Trinajstić information content (AvgIpc) is 2.55. The fourth-order valence-electron chi connectivity index (χ4n) is 3.05. The van der Waals surface area contributed by atoms with Crippen molar-refractivity contribution in [1.82, 2.24) is 5.32 Å². The quantitative estimate of drug-likeness (QED) is 0.794. The third-order valence-electron chi connectivity index (χ3n) is 4.56. The van der Waals surface area contributed by atoms with Crippen molar-refractivity contribution >= 4 is 23.2 Å². The highest BCUT2D eigenvalue weighted by atomic mass is 16.2. The van der Waals surface area contributed by atoms with Crippen molar-refractivity contribution in [2.24, 2.45) is 5.92 Å². The van der Waals surface area contributed by atoms with E-state index in [4.69, 9.17) is 0 Å². The molecule has 0 aromatic heterocycles. The van der Waals surface area contributed by atoms with Crippen LogP contribution in [0.1, 0.15) is 52.9 Å². The SMILES string of the molecule is CC1CCN(c2ccc(NC(=O)CCCC(=O)NC(C)C)cc2)CC1. The molecule has 138 valence electrons. The normalized spacial score (nSPS) is 15.3. The molecule has 0 saturated carbocycles. The molecule has 0 atom stereocenters. The largest absolute Gasteiger partial charge is 0.372 e. The second kappa shape index (κ2) is 9.44. The van der Waals surface area contributed by atoms with Crippen LogP contribution in [0.15, 0.2) is 24.3 Å². The summed E-state index contributed by atoms with van der Waals surface area (Å²) in [7, 11) is 0. The van der Waals surface area contributed by atoms with Gasteiger partial charge in [-0.1, -0.05) is 6.92 Å². The van der Waals surface area contributed by atoms with Gasteiger partial charge in [0, 0.05) is 43.3 Å². The van der Waals surface area contributed by atoms with Crippen molar-refractivity contribution in [3.63, 3.8) is 0 Å². The van der Waals surface area contributed by atoms with Crippen LogP contribution in [0.5, 0.6) is 0 Å². The lowest BCUT2D eigenvalue weighted by Gasteiger charge is -2.32. The number of nitrogens with one attached hydrogen (secondary N) is 2. The molecule has 0 unspecified atom stereocenters. The molecule has 0 spiro atoms. The zero-order valence-corrected chi connectivity index (χ0v) is 15.7. The molecule has 0 bridgehead atoms. The Labute approximate surface area is 151 Å². The van der Waals surface area contributed by atoms with E-state index in [0.29, 0.717) is 19.3 Å². The number of carbonyl (C=O) groups is 2. The third-order valence-corrected chi connectivity index (χ3v) is 4.56. The van der Waals surface area contributed by atoms with E-state index in [9.17, 15) is 9.59 Å². The molecule has 0 aliphatic carbocycles. The van der Waals surface area contributed by atoms with Crippen molar-refractivity contribution in [3.8, 4) is 0 Å². The Bertz CT molecular complexity index is 561. The number of piperidine rings is 1. The van der Waals surface area contributed by atoms with Gasteiger partial charge in [0.25, 0.3) is 0 Å². The summed E-state index contributed by atoms with van der Waals surface area (Å²) in [4.78, 5) is 25.9. The molecule has 25 heavy (non-hydrogen) atoms. The molecule has 5 nitrogen and oxygen atoms in total. The summed E-state index contributed by atoms with van der Waals surface area (Å²) in [6.45, 7) is 8.37. The van der Waals surface area contributed by atoms with E-state index in [0.717, 1.165) is 24.7 Å². The van der Waals surface area contributed by atoms with Crippen molar-refractivity contribution in [1.29, 1.82) is 0 Å². The summed E-state index contributed by atoms with van der Waals surface area (Å²) in [5.41, 5.74) is 2.03. The smallest absolute Gasteiger partial charge is 0.224 e. The van der Waals surface area contributed by atoms with Crippen LogP contribution in [0.25, 0.3) is 0 Å². The van der Waals surface area contributed by atoms with Crippen molar-refractivity contribution in [2.45, 2.75) is 58.9 Å². The van der Waals surface area contributed by atoms with Crippen molar-refractivity contribution < 1.29 is 9.59 Å². The van der Waals surface area contributed by atoms with Crippen LogP contribution in [0.3, 0.4) is 0 Å². The number of benzene rings is 1. The fraction of sp³-hybridized carbons (Fsp3) is 0.600. The van der Waals surface area contributed by atoms with E-state index in [-0.39, 0.29) is 17.9 Å². The summed E-state index contributed by atoms with van der Waals surface area (Å²) in [6, 6.07) is 8.19. The Hall–Kier alpha value is -2.04. The highest BCUT2D eigenvalue weighted by Gasteiger charge is 2.16. The molecule has 0 radical (unpaired) electrons. The van der Waals surface area contributed by atoms with Crippen LogP contribution < -0.4 is 15.5 Å². The van der Waals surface area contributed by atoms with Crippen molar-refractivity contribution in [3.05, 3.63) is 24.3 Å². The predicted octanol–water partition coefficient (Wildman–Crippen LogP) is 3.56. The fourth-order valence-corrected chi connectivity index (χ4v) is 3.05. The minimum absolute atomic E-state index is 0.00278. The van der Waals surface area contributed by atoms with Gasteiger partial charge in [0.2, 0.25) is 11.8 Å². The van der Waals surface area contributed by atoms with Gasteiger partial charge in [-0.05, 0) is 63.3 Å². The van der Waals surface area contributed by atoms with Gasteiger partial charge in [-0.25, -0.2) is 0 Å². The van der Waals surface area contributed by atoms with Gasteiger partial charge in [0.15, 0.2) is 0 Å². The van der Waals surface area contributed by atoms with Crippen LogP contribution in [0, 0.1) is 5.92 Å². The molecule has 2 rings (SSSR count). The highest BCUT2D eigenvalue weighted by Crippen LogP contribution is 2.24. The summed E-state index contributed by atoms with van der Waals surface area (Å²) in [5, 5.41) is 5.74. The monoisotopic (exact) mass is 345 g/mol. The molecule has 1 fully saturated rings. The molecule has 1 aromatic carbocycles. The summed E-state index contributed by atoms with van der Waals surface area (Å²) in [5.74, 6) is 0.775. The Morgan fingerprint density at radius 1 is 1.08 bits per heavy atom. The minimum Gasteiger partial charge on any atom is -0.372 e. The molecule has 1 saturated heterocycles. The van der Waals surface area contributed by atoms with Gasteiger partial charge in [0.1, 0.15) is 0 Å². The molecule has 2 amide bonds. The molecule has 1 aliphatic heterocycles. The van der Waals surface area contributed by atoms with E-state index in [1.54, 1.807) is 0 Å². The maximum Gasteiger partial charge on any atom is 0.224 e. The number of nitrogens with zero attached hydrogens (tertiary/aromatic N) is 1. The Morgan fingerprint density at radius 2 is 1.68 bits per heavy atom. The first-order valence-electron chi connectivity index (χ1n) is 9.38. The van der Waals surface area contributed by atoms with Crippen LogP contribution in [0.4, 0.5) is 11.4 Å². The minimum atomic E-state index is -0.0445. The van der Waals surface area contributed by atoms with E-state index >= 15 is 0 Å². The molecule has 1 aromatic rings. The van der Waals surface area contributed by atoms with Gasteiger partial charge in [-0.3, -0.25) is 9.59 Å². The number of anilines is 2. The van der Waals surface area contributed by atoms with Crippen LogP contribution in [0.2, 0.25) is 0 Å². The van der Waals surface area contributed by atoms with E-state index < -0.39 is 0 Å².